The molecule has 2 aromatic rings. The summed E-state index contributed by atoms with van der Waals surface area (Å²) in [6.45, 7) is 0. The molecule has 2 rings (SSSR count). The molecule has 0 unspecified atom stereocenters. The number of benzene rings is 1. The Hall–Kier alpha value is -2.23. The van der Waals surface area contributed by atoms with Gasteiger partial charge in [-0.15, -0.1) is 0 Å². The molecule has 1 aromatic carbocycles. The lowest BCUT2D eigenvalue weighted by atomic mass is 10.1. The summed E-state index contributed by atoms with van der Waals surface area (Å²) < 4.78 is 0. The molecule has 0 aliphatic carbocycles. The molecule has 0 fully saturated rings. The normalized spacial score (nSPS) is 10.2. The van der Waals surface area contributed by atoms with E-state index in [4.69, 9.17) is 5.11 Å². The number of hydrogen-bond donors (Lipinski definition) is 1. The SMILES string of the molecule is O=C(O)Cc1cc(CCc2ccccc2)ncn1. The average Bonchev–Trinajstić information content (AvgIpc) is 2.37. The van der Waals surface area contributed by atoms with Crippen LogP contribution in [-0.2, 0) is 24.1 Å². The Kier molecular flexibility index (Phi) is 4.02. The maximum atomic E-state index is 10.6. The lowest BCUT2D eigenvalue weighted by Gasteiger charge is -2.02. The number of nitrogens with zero attached hydrogens (tertiary/aromatic N) is 2. The fraction of sp³-hybridized carbons (Fsp3) is 0.214. The van der Waals surface area contributed by atoms with Crippen LogP contribution < -0.4 is 0 Å². The second-order valence-electron chi connectivity index (χ2n) is 4.06. The zero-order valence-corrected chi connectivity index (χ0v) is 9.91. The van der Waals surface area contributed by atoms with E-state index in [0.717, 1.165) is 18.5 Å². The Morgan fingerprint density at radius 1 is 1.06 bits per heavy atom. The van der Waals surface area contributed by atoms with Crippen LogP contribution in [0, 0.1) is 0 Å². The molecule has 0 radical (unpaired) electrons. The van der Waals surface area contributed by atoms with Gasteiger partial charge in [0.2, 0.25) is 0 Å². The molecule has 0 aliphatic rings. The van der Waals surface area contributed by atoms with Crippen LogP contribution in [0.15, 0.2) is 42.7 Å². The fourth-order valence-corrected chi connectivity index (χ4v) is 1.75. The minimum absolute atomic E-state index is 0.0547. The summed E-state index contributed by atoms with van der Waals surface area (Å²) in [7, 11) is 0. The van der Waals surface area contributed by atoms with E-state index in [0.29, 0.717) is 5.69 Å². The molecule has 0 aliphatic heterocycles. The number of aryl methyl sites for hydroxylation is 2. The molecular weight excluding hydrogens is 228 g/mol. The van der Waals surface area contributed by atoms with Crippen LogP contribution in [0.3, 0.4) is 0 Å². The van der Waals surface area contributed by atoms with Crippen LogP contribution in [0.2, 0.25) is 0 Å². The molecule has 0 amide bonds. The molecule has 0 saturated heterocycles. The lowest BCUT2D eigenvalue weighted by molar-refractivity contribution is -0.136. The largest absolute Gasteiger partial charge is 0.481 e. The van der Waals surface area contributed by atoms with Gasteiger partial charge in [-0.25, -0.2) is 9.97 Å². The van der Waals surface area contributed by atoms with Gasteiger partial charge in [-0.1, -0.05) is 30.3 Å². The van der Waals surface area contributed by atoms with Crippen molar-refractivity contribution in [1.82, 2.24) is 9.97 Å². The van der Waals surface area contributed by atoms with E-state index in [1.165, 1.54) is 11.9 Å². The van der Waals surface area contributed by atoms with Gasteiger partial charge in [0.25, 0.3) is 0 Å². The van der Waals surface area contributed by atoms with Crippen molar-refractivity contribution in [2.75, 3.05) is 0 Å². The standard InChI is InChI=1S/C14H14N2O2/c17-14(18)9-13-8-12(15-10-16-13)7-6-11-4-2-1-3-5-11/h1-5,8,10H,6-7,9H2,(H,17,18). The first-order chi connectivity index (χ1) is 8.74. The molecule has 1 aromatic heterocycles. The third-order valence-electron chi connectivity index (χ3n) is 2.63. The van der Waals surface area contributed by atoms with Crippen LogP contribution in [-0.4, -0.2) is 21.0 Å². The van der Waals surface area contributed by atoms with Gasteiger partial charge in [-0.05, 0) is 24.5 Å². The summed E-state index contributed by atoms with van der Waals surface area (Å²) in [5, 5.41) is 8.71. The van der Waals surface area contributed by atoms with E-state index >= 15 is 0 Å². The Balaban J connectivity index is 1.99. The fourth-order valence-electron chi connectivity index (χ4n) is 1.75. The van der Waals surface area contributed by atoms with Crippen molar-refractivity contribution in [3.63, 3.8) is 0 Å². The van der Waals surface area contributed by atoms with Crippen LogP contribution in [0.5, 0.6) is 0 Å². The first kappa shape index (κ1) is 12.2. The zero-order chi connectivity index (χ0) is 12.8. The van der Waals surface area contributed by atoms with Crippen molar-refractivity contribution < 1.29 is 9.90 Å². The Labute approximate surface area is 105 Å². The first-order valence-corrected chi connectivity index (χ1v) is 5.79. The minimum atomic E-state index is -0.872. The van der Waals surface area contributed by atoms with Gasteiger partial charge in [-0.3, -0.25) is 4.79 Å². The summed E-state index contributed by atoms with van der Waals surface area (Å²) in [5.41, 5.74) is 2.68. The molecule has 4 nitrogen and oxygen atoms in total. The van der Waals surface area contributed by atoms with Gasteiger partial charge >= 0.3 is 5.97 Å². The molecule has 4 heteroatoms. The Bertz CT molecular complexity index is 526. The predicted octanol–water partition coefficient (Wildman–Crippen LogP) is 1.89. The number of aromatic nitrogens is 2. The average molecular weight is 242 g/mol. The van der Waals surface area contributed by atoms with Crippen LogP contribution in [0.25, 0.3) is 0 Å². The Morgan fingerprint density at radius 2 is 1.78 bits per heavy atom. The van der Waals surface area contributed by atoms with Crippen molar-refractivity contribution in [2.24, 2.45) is 0 Å². The molecule has 0 spiro atoms. The molecule has 1 heterocycles. The van der Waals surface area contributed by atoms with Crippen LogP contribution >= 0.6 is 0 Å². The van der Waals surface area contributed by atoms with Gasteiger partial charge in [0.05, 0.1) is 12.1 Å². The van der Waals surface area contributed by atoms with Crippen molar-refractivity contribution in [2.45, 2.75) is 19.3 Å². The smallest absolute Gasteiger partial charge is 0.309 e. The van der Waals surface area contributed by atoms with Crippen molar-refractivity contribution in [3.05, 3.63) is 59.7 Å². The molecule has 0 atom stereocenters. The molecule has 0 bridgehead atoms. The third-order valence-corrected chi connectivity index (χ3v) is 2.63. The van der Waals surface area contributed by atoms with E-state index in [-0.39, 0.29) is 6.42 Å². The number of carbonyl (C=O) groups is 1. The quantitative estimate of drug-likeness (QED) is 0.869. The molecular formula is C14H14N2O2. The molecule has 1 N–H and O–H groups in total. The highest BCUT2D eigenvalue weighted by Gasteiger charge is 2.04. The molecule has 0 saturated carbocycles. The van der Waals surface area contributed by atoms with Gasteiger partial charge in [0, 0.05) is 5.69 Å². The third kappa shape index (κ3) is 3.66. The highest BCUT2D eigenvalue weighted by molar-refractivity contribution is 5.69. The summed E-state index contributed by atoms with van der Waals surface area (Å²) in [5.74, 6) is -0.872. The van der Waals surface area contributed by atoms with E-state index < -0.39 is 5.97 Å². The topological polar surface area (TPSA) is 63.1 Å². The number of carboxylic acid groups (broad SMARTS) is 1. The summed E-state index contributed by atoms with van der Waals surface area (Å²) >= 11 is 0. The van der Waals surface area contributed by atoms with Crippen molar-refractivity contribution in [1.29, 1.82) is 0 Å². The number of aliphatic carboxylic acids is 1. The van der Waals surface area contributed by atoms with E-state index in [1.54, 1.807) is 6.07 Å². The van der Waals surface area contributed by atoms with E-state index in [9.17, 15) is 4.79 Å². The number of rotatable bonds is 5. The summed E-state index contributed by atoms with van der Waals surface area (Å²) in [6.07, 6.45) is 3.06. The van der Waals surface area contributed by atoms with Gasteiger partial charge in [0.15, 0.2) is 0 Å². The monoisotopic (exact) mass is 242 g/mol. The molecule has 92 valence electrons. The highest BCUT2D eigenvalue weighted by atomic mass is 16.4. The van der Waals surface area contributed by atoms with E-state index in [2.05, 4.69) is 22.1 Å². The van der Waals surface area contributed by atoms with Gasteiger partial charge in [0.1, 0.15) is 6.33 Å². The minimum Gasteiger partial charge on any atom is -0.481 e. The number of carboxylic acids is 1. The predicted molar refractivity (Wildman–Crippen MR) is 67.2 cm³/mol. The molecule has 18 heavy (non-hydrogen) atoms. The maximum Gasteiger partial charge on any atom is 0.309 e. The first-order valence-electron chi connectivity index (χ1n) is 5.79. The van der Waals surface area contributed by atoms with Gasteiger partial charge in [-0.2, -0.15) is 0 Å². The zero-order valence-electron chi connectivity index (χ0n) is 9.91. The lowest BCUT2D eigenvalue weighted by Crippen LogP contribution is -2.04. The summed E-state index contributed by atoms with van der Waals surface area (Å²) in [6, 6.07) is 11.9. The van der Waals surface area contributed by atoms with Gasteiger partial charge < -0.3 is 5.11 Å². The van der Waals surface area contributed by atoms with E-state index in [1.807, 2.05) is 18.2 Å². The van der Waals surface area contributed by atoms with Crippen molar-refractivity contribution in [3.8, 4) is 0 Å². The second-order valence-corrected chi connectivity index (χ2v) is 4.06. The summed E-state index contributed by atoms with van der Waals surface area (Å²) in [4.78, 5) is 18.7. The van der Waals surface area contributed by atoms with Crippen LogP contribution in [0.1, 0.15) is 17.0 Å². The highest BCUT2D eigenvalue weighted by Crippen LogP contribution is 2.06. The number of hydrogen-bond acceptors (Lipinski definition) is 3. The van der Waals surface area contributed by atoms with Crippen LogP contribution in [0.4, 0.5) is 0 Å². The second kappa shape index (κ2) is 5.91. The van der Waals surface area contributed by atoms with Crippen molar-refractivity contribution >= 4 is 5.97 Å². The maximum absolute atomic E-state index is 10.6. The Morgan fingerprint density at radius 3 is 2.50 bits per heavy atom.